The molecule has 4 nitrogen and oxygen atoms in total. The molecule has 0 unspecified atom stereocenters. The number of carbonyl (C=O) groups is 1. The summed E-state index contributed by atoms with van der Waals surface area (Å²) >= 11 is 6.20. The maximum atomic E-state index is 13.6. The van der Waals surface area contributed by atoms with Gasteiger partial charge in [-0.3, -0.25) is 4.79 Å². The molecule has 176 valence electrons. The topological polar surface area (TPSA) is 47.3 Å². The highest BCUT2D eigenvalue weighted by Crippen LogP contribution is 2.35. The first-order valence-corrected chi connectivity index (χ1v) is 11.0. The van der Waals surface area contributed by atoms with E-state index in [1.165, 1.54) is 12.1 Å². The maximum absolute atomic E-state index is 13.6. The van der Waals surface area contributed by atoms with E-state index in [0.29, 0.717) is 37.7 Å². The Bertz CT molecular complexity index is 1060. The first-order chi connectivity index (χ1) is 15.5. The van der Waals surface area contributed by atoms with E-state index in [-0.39, 0.29) is 40.6 Å². The zero-order chi connectivity index (χ0) is 24.3. The summed E-state index contributed by atoms with van der Waals surface area (Å²) in [7, 11) is 0. The molecule has 1 aliphatic rings. The summed E-state index contributed by atoms with van der Waals surface area (Å²) in [5.41, 5.74) is -0.354. The van der Waals surface area contributed by atoms with E-state index in [9.17, 15) is 22.4 Å². The van der Waals surface area contributed by atoms with Crippen molar-refractivity contribution < 1.29 is 22.4 Å². The number of rotatable bonds is 6. The smallest absolute Gasteiger partial charge is 0.362 e. The molecule has 33 heavy (non-hydrogen) atoms. The van der Waals surface area contributed by atoms with Crippen molar-refractivity contribution >= 4 is 23.2 Å². The summed E-state index contributed by atoms with van der Waals surface area (Å²) in [6.45, 7) is 4.58. The Hall–Kier alpha value is -2.79. The predicted octanol–water partition coefficient (Wildman–Crippen LogP) is 6.02. The molecule has 1 saturated heterocycles. The van der Waals surface area contributed by atoms with Crippen LogP contribution >= 0.6 is 11.6 Å². The molecular formula is C24H24ClF4N3O. The van der Waals surface area contributed by atoms with Crippen LogP contribution in [-0.2, 0) is 17.5 Å². The van der Waals surface area contributed by atoms with Gasteiger partial charge in [0.1, 0.15) is 11.9 Å². The third-order valence-corrected chi connectivity index (χ3v) is 5.98. The lowest BCUT2D eigenvalue weighted by Gasteiger charge is -2.32. The van der Waals surface area contributed by atoms with E-state index in [1.54, 1.807) is 15.9 Å². The van der Waals surface area contributed by atoms with Crippen LogP contribution in [0.2, 0.25) is 5.02 Å². The SMILES string of the molecule is CC(C)CC(=O)N1CC[C@H](N(Cc2ccc(F)cc2C(F)(F)F)c2ccc(C#N)c(Cl)c2)C1. The van der Waals surface area contributed by atoms with Gasteiger partial charge < -0.3 is 9.80 Å². The van der Waals surface area contributed by atoms with Crippen LogP contribution in [0, 0.1) is 23.1 Å². The molecule has 0 radical (unpaired) electrons. The molecule has 0 N–H and O–H groups in total. The van der Waals surface area contributed by atoms with Gasteiger partial charge in [-0.2, -0.15) is 18.4 Å². The third-order valence-electron chi connectivity index (χ3n) is 5.66. The molecule has 9 heteroatoms. The first kappa shape index (κ1) is 24.8. The lowest BCUT2D eigenvalue weighted by atomic mass is 10.0. The van der Waals surface area contributed by atoms with Gasteiger partial charge in [-0.05, 0) is 48.2 Å². The summed E-state index contributed by atoms with van der Waals surface area (Å²) in [6, 6.07) is 8.99. The minimum atomic E-state index is -4.72. The van der Waals surface area contributed by atoms with Crippen LogP contribution in [0.25, 0.3) is 0 Å². The molecule has 0 aliphatic carbocycles. The van der Waals surface area contributed by atoms with Gasteiger partial charge in [-0.1, -0.05) is 31.5 Å². The molecular weight excluding hydrogens is 458 g/mol. The Balaban J connectivity index is 1.97. The summed E-state index contributed by atoms with van der Waals surface area (Å²) < 4.78 is 54.5. The largest absolute Gasteiger partial charge is 0.416 e. The quantitative estimate of drug-likeness (QED) is 0.474. The summed E-state index contributed by atoms with van der Waals surface area (Å²) in [6.07, 6.45) is -3.77. The van der Waals surface area contributed by atoms with E-state index in [2.05, 4.69) is 0 Å². The van der Waals surface area contributed by atoms with Gasteiger partial charge in [0.15, 0.2) is 0 Å². The van der Waals surface area contributed by atoms with Gasteiger partial charge in [0.05, 0.1) is 16.1 Å². The van der Waals surface area contributed by atoms with Gasteiger partial charge in [0.25, 0.3) is 0 Å². The number of hydrogen-bond acceptors (Lipinski definition) is 3. The fraction of sp³-hybridized carbons (Fsp3) is 0.417. The average molecular weight is 482 g/mol. The number of amides is 1. The van der Waals surface area contributed by atoms with Crippen LogP contribution in [0.15, 0.2) is 36.4 Å². The normalized spacial score (nSPS) is 16.2. The molecule has 0 bridgehead atoms. The predicted molar refractivity (Wildman–Crippen MR) is 118 cm³/mol. The Morgan fingerprint density at radius 3 is 2.61 bits per heavy atom. The van der Waals surface area contributed by atoms with Crippen molar-refractivity contribution in [3.63, 3.8) is 0 Å². The van der Waals surface area contributed by atoms with Crippen LogP contribution < -0.4 is 4.90 Å². The van der Waals surface area contributed by atoms with E-state index < -0.39 is 17.6 Å². The van der Waals surface area contributed by atoms with Crippen molar-refractivity contribution in [3.8, 4) is 6.07 Å². The zero-order valence-corrected chi connectivity index (χ0v) is 19.0. The fourth-order valence-electron chi connectivity index (χ4n) is 4.04. The lowest BCUT2D eigenvalue weighted by Crippen LogP contribution is -2.39. The Morgan fingerprint density at radius 1 is 1.27 bits per heavy atom. The first-order valence-electron chi connectivity index (χ1n) is 10.6. The number of halogens is 5. The van der Waals surface area contributed by atoms with Crippen LogP contribution in [-0.4, -0.2) is 29.9 Å². The van der Waals surface area contributed by atoms with E-state index in [1.807, 2.05) is 19.9 Å². The molecule has 2 aromatic carbocycles. The van der Waals surface area contributed by atoms with Gasteiger partial charge in [0.2, 0.25) is 5.91 Å². The number of hydrogen-bond donors (Lipinski definition) is 0. The van der Waals surface area contributed by atoms with Gasteiger partial charge >= 0.3 is 6.18 Å². The molecule has 1 heterocycles. The number of likely N-dealkylation sites (tertiary alicyclic amines) is 1. The lowest BCUT2D eigenvalue weighted by molar-refractivity contribution is -0.138. The number of alkyl halides is 3. The summed E-state index contributed by atoms with van der Waals surface area (Å²) in [4.78, 5) is 16.0. The molecule has 1 amide bonds. The third kappa shape index (κ3) is 5.97. The second-order valence-electron chi connectivity index (χ2n) is 8.58. The van der Waals surface area contributed by atoms with Crippen LogP contribution in [0.1, 0.15) is 43.4 Å². The molecule has 1 aliphatic heterocycles. The summed E-state index contributed by atoms with van der Waals surface area (Å²) in [5, 5.41) is 9.34. The number of carbonyl (C=O) groups excluding carboxylic acids is 1. The molecule has 0 saturated carbocycles. The average Bonchev–Trinajstić information content (AvgIpc) is 3.21. The van der Waals surface area contributed by atoms with E-state index in [0.717, 1.165) is 12.1 Å². The molecule has 0 spiro atoms. The molecule has 1 atom stereocenters. The second-order valence-corrected chi connectivity index (χ2v) is 8.99. The molecule has 1 fully saturated rings. The number of anilines is 1. The van der Waals surface area contributed by atoms with Gasteiger partial charge in [-0.15, -0.1) is 0 Å². The van der Waals surface area contributed by atoms with Crippen molar-refractivity contribution in [2.45, 2.75) is 45.5 Å². The van der Waals surface area contributed by atoms with Gasteiger partial charge in [-0.25, -0.2) is 4.39 Å². The zero-order valence-electron chi connectivity index (χ0n) is 18.3. The maximum Gasteiger partial charge on any atom is 0.416 e. The van der Waals surface area contributed by atoms with Crippen LogP contribution in [0.3, 0.4) is 0 Å². The number of benzene rings is 2. The highest BCUT2D eigenvalue weighted by molar-refractivity contribution is 6.32. The fourth-order valence-corrected chi connectivity index (χ4v) is 4.26. The monoisotopic (exact) mass is 481 g/mol. The standard InChI is InChI=1S/C24H24ClF4N3O/c1-15(2)9-23(33)31-8-7-20(14-31)32(19-6-4-16(12-30)22(25)11-19)13-17-3-5-18(26)10-21(17)24(27,28)29/h3-6,10-11,15,20H,7-9,13-14H2,1-2H3/t20-/m0/s1. The van der Waals surface area contributed by atoms with Crippen molar-refractivity contribution in [1.82, 2.24) is 4.90 Å². The molecule has 3 rings (SSSR count). The van der Waals surface area contributed by atoms with Gasteiger partial charge in [0, 0.05) is 37.8 Å². The van der Waals surface area contributed by atoms with Crippen molar-refractivity contribution in [1.29, 1.82) is 5.26 Å². The highest BCUT2D eigenvalue weighted by atomic mass is 35.5. The van der Waals surface area contributed by atoms with Crippen molar-refractivity contribution in [3.05, 3.63) is 63.9 Å². The second kappa shape index (κ2) is 10.0. The number of nitrogens with zero attached hydrogens (tertiary/aromatic N) is 3. The Kier molecular flexibility index (Phi) is 7.53. The van der Waals surface area contributed by atoms with Crippen LogP contribution in [0.4, 0.5) is 23.2 Å². The Labute approximate surface area is 195 Å². The minimum Gasteiger partial charge on any atom is -0.362 e. The summed E-state index contributed by atoms with van der Waals surface area (Å²) in [5.74, 6) is -0.771. The van der Waals surface area contributed by atoms with Crippen molar-refractivity contribution in [2.75, 3.05) is 18.0 Å². The molecule has 0 aromatic heterocycles. The Morgan fingerprint density at radius 2 is 2.00 bits per heavy atom. The van der Waals surface area contributed by atoms with Crippen LogP contribution in [0.5, 0.6) is 0 Å². The van der Waals surface area contributed by atoms with Crippen molar-refractivity contribution in [2.24, 2.45) is 5.92 Å². The van der Waals surface area contributed by atoms with E-state index >= 15 is 0 Å². The highest BCUT2D eigenvalue weighted by Gasteiger charge is 2.36. The number of nitriles is 1. The minimum absolute atomic E-state index is 0.00285. The molecule has 2 aromatic rings. The van der Waals surface area contributed by atoms with E-state index in [4.69, 9.17) is 16.9 Å².